The van der Waals surface area contributed by atoms with Crippen molar-refractivity contribution in [3.05, 3.63) is 67.9 Å². The van der Waals surface area contributed by atoms with Crippen molar-refractivity contribution < 1.29 is 5.11 Å². The summed E-state index contributed by atoms with van der Waals surface area (Å²) in [5.41, 5.74) is 0.433. The summed E-state index contributed by atoms with van der Waals surface area (Å²) in [6, 6.07) is 11.0. The van der Waals surface area contributed by atoms with Crippen molar-refractivity contribution in [3.8, 4) is 17.6 Å². The molecule has 0 unspecified atom stereocenters. The molecule has 0 radical (unpaired) electrons. The number of aromatic hydroxyl groups is 1. The van der Waals surface area contributed by atoms with Gasteiger partial charge in [-0.05, 0) is 32.9 Å². The highest BCUT2D eigenvalue weighted by Crippen LogP contribution is 2.27. The van der Waals surface area contributed by atoms with E-state index in [1.807, 2.05) is 24.3 Å². The van der Waals surface area contributed by atoms with Gasteiger partial charge < -0.3 is 5.11 Å². The molecule has 0 aliphatic carbocycles. The highest BCUT2D eigenvalue weighted by Gasteiger charge is 2.20. The first-order chi connectivity index (χ1) is 13.8. The standard InChI is InChI=1S/C20H20N6O3/c1-5-25-18(27)15(11-21)12(2)16(19(25)28)22-23-17-13(3)24(4)26(20(17)29)14-9-7-6-8-10-14/h6-10,27H,5H2,1-4H3. The van der Waals surface area contributed by atoms with Crippen molar-refractivity contribution in [1.82, 2.24) is 13.9 Å². The lowest BCUT2D eigenvalue weighted by atomic mass is 10.1. The third kappa shape index (κ3) is 3.14. The van der Waals surface area contributed by atoms with Crippen molar-refractivity contribution in [2.24, 2.45) is 17.3 Å². The lowest BCUT2D eigenvalue weighted by Gasteiger charge is -2.10. The van der Waals surface area contributed by atoms with Crippen LogP contribution >= 0.6 is 0 Å². The molecule has 0 saturated carbocycles. The number of aromatic nitrogens is 3. The van der Waals surface area contributed by atoms with Crippen molar-refractivity contribution >= 4 is 11.4 Å². The smallest absolute Gasteiger partial charge is 0.299 e. The molecule has 3 aromatic rings. The molecule has 1 N–H and O–H groups in total. The van der Waals surface area contributed by atoms with Gasteiger partial charge in [-0.25, -0.2) is 4.68 Å². The molecule has 3 rings (SSSR count). The zero-order chi connectivity index (χ0) is 21.3. The van der Waals surface area contributed by atoms with Gasteiger partial charge in [0.1, 0.15) is 11.6 Å². The van der Waals surface area contributed by atoms with E-state index in [1.165, 1.54) is 11.6 Å². The van der Waals surface area contributed by atoms with Gasteiger partial charge in [-0.15, -0.1) is 10.2 Å². The van der Waals surface area contributed by atoms with Gasteiger partial charge in [0.05, 0.1) is 11.4 Å². The van der Waals surface area contributed by atoms with Gasteiger partial charge in [0.2, 0.25) is 5.88 Å². The average molecular weight is 392 g/mol. The Balaban J connectivity index is 2.20. The minimum Gasteiger partial charge on any atom is -0.493 e. The SMILES string of the molecule is CCn1c(O)c(C#N)c(C)c(N=Nc2c(C)n(C)n(-c3ccccc3)c2=O)c1=O. The van der Waals surface area contributed by atoms with Crippen LogP contribution in [0.5, 0.6) is 5.88 Å². The van der Waals surface area contributed by atoms with Gasteiger partial charge in [-0.1, -0.05) is 18.2 Å². The van der Waals surface area contributed by atoms with Crippen molar-refractivity contribution in [1.29, 1.82) is 5.26 Å². The van der Waals surface area contributed by atoms with Crippen LogP contribution in [0.15, 0.2) is 50.1 Å². The second-order valence-corrected chi connectivity index (χ2v) is 6.44. The highest BCUT2D eigenvalue weighted by molar-refractivity contribution is 5.57. The van der Waals surface area contributed by atoms with E-state index in [0.717, 1.165) is 4.57 Å². The first kappa shape index (κ1) is 19.8. The summed E-state index contributed by atoms with van der Waals surface area (Å²) in [7, 11) is 1.73. The van der Waals surface area contributed by atoms with Crippen LogP contribution in [0.1, 0.15) is 23.7 Å². The van der Waals surface area contributed by atoms with Gasteiger partial charge in [0, 0.05) is 19.2 Å². The Hall–Kier alpha value is -3.93. The number of hydrogen-bond donors (Lipinski definition) is 1. The number of pyridine rings is 1. The minimum absolute atomic E-state index is 0.0492. The number of nitrogens with zero attached hydrogens (tertiary/aromatic N) is 6. The highest BCUT2D eigenvalue weighted by atomic mass is 16.3. The largest absolute Gasteiger partial charge is 0.493 e. The Morgan fingerprint density at radius 3 is 2.28 bits per heavy atom. The molecule has 0 saturated heterocycles. The van der Waals surface area contributed by atoms with Crippen LogP contribution in [0.4, 0.5) is 11.4 Å². The fraction of sp³-hybridized carbons (Fsp3) is 0.250. The Labute approximate surface area is 166 Å². The number of rotatable bonds is 4. The number of azo groups is 1. The Morgan fingerprint density at radius 2 is 1.69 bits per heavy atom. The van der Waals surface area contributed by atoms with Crippen LogP contribution in [0.3, 0.4) is 0 Å². The van der Waals surface area contributed by atoms with Crippen molar-refractivity contribution in [2.45, 2.75) is 27.3 Å². The van der Waals surface area contributed by atoms with Crippen LogP contribution in [0.2, 0.25) is 0 Å². The van der Waals surface area contributed by atoms with E-state index in [1.54, 1.807) is 37.7 Å². The van der Waals surface area contributed by atoms with E-state index in [2.05, 4.69) is 10.2 Å². The molecule has 0 atom stereocenters. The Kier molecular flexibility index (Phi) is 5.19. The molecular formula is C20H20N6O3. The van der Waals surface area contributed by atoms with Crippen LogP contribution in [-0.2, 0) is 13.6 Å². The summed E-state index contributed by atoms with van der Waals surface area (Å²) in [5.74, 6) is -0.404. The second kappa shape index (κ2) is 7.59. The molecule has 148 valence electrons. The van der Waals surface area contributed by atoms with E-state index in [0.29, 0.717) is 11.4 Å². The molecule has 0 aliphatic rings. The Bertz CT molecular complexity index is 1270. The molecule has 0 aliphatic heterocycles. The van der Waals surface area contributed by atoms with Crippen LogP contribution < -0.4 is 11.1 Å². The topological polar surface area (TPSA) is 118 Å². The summed E-state index contributed by atoms with van der Waals surface area (Å²) in [5, 5.41) is 27.5. The van der Waals surface area contributed by atoms with E-state index in [4.69, 9.17) is 0 Å². The molecule has 9 heteroatoms. The van der Waals surface area contributed by atoms with Gasteiger partial charge in [-0.3, -0.25) is 18.8 Å². The quantitative estimate of drug-likeness (QED) is 0.687. The van der Waals surface area contributed by atoms with Crippen molar-refractivity contribution in [2.75, 3.05) is 0 Å². The van der Waals surface area contributed by atoms with Crippen LogP contribution in [0, 0.1) is 25.2 Å². The number of benzene rings is 1. The van der Waals surface area contributed by atoms with E-state index < -0.39 is 11.4 Å². The summed E-state index contributed by atoms with van der Waals surface area (Å²) in [6.45, 7) is 5.06. The maximum absolute atomic E-state index is 12.9. The summed E-state index contributed by atoms with van der Waals surface area (Å²) in [4.78, 5) is 25.6. The van der Waals surface area contributed by atoms with Crippen LogP contribution in [-0.4, -0.2) is 19.0 Å². The zero-order valence-corrected chi connectivity index (χ0v) is 16.5. The number of nitriles is 1. The molecule has 0 amide bonds. The van der Waals surface area contributed by atoms with Crippen LogP contribution in [0.25, 0.3) is 5.69 Å². The number of hydrogen-bond acceptors (Lipinski definition) is 6. The van der Waals surface area contributed by atoms with Gasteiger partial charge in [0.25, 0.3) is 11.1 Å². The third-order valence-corrected chi connectivity index (χ3v) is 4.86. The second-order valence-electron chi connectivity index (χ2n) is 6.44. The monoisotopic (exact) mass is 392 g/mol. The fourth-order valence-corrected chi connectivity index (χ4v) is 3.12. The summed E-state index contributed by atoms with van der Waals surface area (Å²) < 4.78 is 4.15. The van der Waals surface area contributed by atoms with Gasteiger partial charge >= 0.3 is 0 Å². The van der Waals surface area contributed by atoms with Gasteiger partial charge in [0.15, 0.2) is 11.4 Å². The molecule has 1 aromatic carbocycles. The molecule has 0 fully saturated rings. The van der Waals surface area contributed by atoms with Gasteiger partial charge in [-0.2, -0.15) is 5.26 Å². The number of para-hydroxylation sites is 1. The molecule has 0 bridgehead atoms. The minimum atomic E-state index is -0.581. The van der Waals surface area contributed by atoms with E-state index >= 15 is 0 Å². The fourth-order valence-electron chi connectivity index (χ4n) is 3.12. The molecular weight excluding hydrogens is 372 g/mol. The maximum Gasteiger partial charge on any atom is 0.299 e. The zero-order valence-electron chi connectivity index (χ0n) is 16.5. The predicted molar refractivity (Wildman–Crippen MR) is 107 cm³/mol. The van der Waals surface area contributed by atoms with E-state index in [9.17, 15) is 20.0 Å². The summed E-state index contributed by atoms with van der Waals surface area (Å²) >= 11 is 0. The predicted octanol–water partition coefficient (Wildman–Crippen LogP) is 2.97. The molecule has 2 heterocycles. The molecule has 0 spiro atoms. The average Bonchev–Trinajstić information content (AvgIpc) is 2.92. The van der Waals surface area contributed by atoms with Crippen molar-refractivity contribution in [3.63, 3.8) is 0 Å². The first-order valence-electron chi connectivity index (χ1n) is 8.95. The molecule has 29 heavy (non-hydrogen) atoms. The lowest BCUT2D eigenvalue weighted by Crippen LogP contribution is -2.21. The third-order valence-electron chi connectivity index (χ3n) is 4.86. The summed E-state index contributed by atoms with van der Waals surface area (Å²) in [6.07, 6.45) is 0. The normalized spacial score (nSPS) is 11.1. The molecule has 2 aromatic heterocycles. The molecule has 9 nitrogen and oxygen atoms in total. The Morgan fingerprint density at radius 1 is 1.07 bits per heavy atom. The maximum atomic E-state index is 12.9. The lowest BCUT2D eigenvalue weighted by molar-refractivity contribution is 0.409. The first-order valence-corrected chi connectivity index (χ1v) is 8.95. The van der Waals surface area contributed by atoms with E-state index in [-0.39, 0.29) is 34.6 Å².